The summed E-state index contributed by atoms with van der Waals surface area (Å²) in [5, 5.41) is 6.00. The first-order valence-electron chi connectivity index (χ1n) is 7.97. The highest BCUT2D eigenvalue weighted by atomic mass is 19.4. The van der Waals surface area contributed by atoms with E-state index in [1.54, 1.807) is 12.1 Å². The second-order valence-electron chi connectivity index (χ2n) is 6.17. The lowest BCUT2D eigenvalue weighted by molar-refractivity contribution is -0.141. The molecule has 0 unspecified atom stereocenters. The zero-order chi connectivity index (χ0) is 18.2. The zero-order valence-electron chi connectivity index (χ0n) is 13.9. The quantitative estimate of drug-likeness (QED) is 0.877. The van der Waals surface area contributed by atoms with E-state index in [0.29, 0.717) is 5.69 Å². The van der Waals surface area contributed by atoms with E-state index in [2.05, 4.69) is 10.4 Å². The highest BCUT2D eigenvalue weighted by Gasteiger charge is 2.39. The maximum Gasteiger partial charge on any atom is 0.435 e. The third-order valence-electron chi connectivity index (χ3n) is 4.34. The van der Waals surface area contributed by atoms with Crippen LogP contribution in [-0.4, -0.2) is 15.7 Å². The Morgan fingerprint density at radius 3 is 2.60 bits per heavy atom. The molecule has 1 aromatic carbocycles. The fourth-order valence-electron chi connectivity index (χ4n) is 3.17. The number of alkyl halides is 3. The number of carbonyl (C=O) groups excluding carboxylic acids is 1. The lowest BCUT2D eigenvalue weighted by atomic mass is 10.0. The molecule has 0 saturated heterocycles. The first-order chi connectivity index (χ1) is 11.8. The molecule has 0 bridgehead atoms. The number of halogens is 3. The van der Waals surface area contributed by atoms with Crippen LogP contribution >= 0.6 is 0 Å². The van der Waals surface area contributed by atoms with Crippen molar-refractivity contribution in [3.05, 3.63) is 52.9 Å². The summed E-state index contributed by atoms with van der Waals surface area (Å²) < 4.78 is 40.2. The summed E-state index contributed by atoms with van der Waals surface area (Å²) in [4.78, 5) is 12.5. The first-order valence-corrected chi connectivity index (χ1v) is 7.97. The summed E-state index contributed by atoms with van der Waals surface area (Å²) in [5.74, 6) is -0.816. The number of aryl methyl sites for hydroxylation is 1. The van der Waals surface area contributed by atoms with Gasteiger partial charge in [0.15, 0.2) is 5.69 Å². The van der Waals surface area contributed by atoms with Crippen LogP contribution < -0.4 is 5.32 Å². The van der Waals surface area contributed by atoms with Crippen LogP contribution in [0.2, 0.25) is 0 Å². The van der Waals surface area contributed by atoms with E-state index >= 15 is 0 Å². The minimum Gasteiger partial charge on any atom is -0.321 e. The normalized spacial score (nSPS) is 14.9. The number of benzene rings is 1. The molecule has 1 N–H and O–H groups in total. The van der Waals surface area contributed by atoms with Crippen molar-refractivity contribution in [2.75, 3.05) is 5.32 Å². The standard InChI is InChI=1S/C18H18F3N3O/c1-11-6-5-8-12(11)13-7-3-4-9-15(13)22-17(25)14-10-24(2)23-16(14)18(19,20)21/h3-4,7,9-10H,5-6,8H2,1-2H3,(H,22,25). The predicted octanol–water partition coefficient (Wildman–Crippen LogP) is 4.65. The van der Waals surface area contributed by atoms with E-state index in [1.807, 2.05) is 19.1 Å². The van der Waals surface area contributed by atoms with Crippen molar-refractivity contribution in [1.29, 1.82) is 0 Å². The number of anilines is 1. The second-order valence-corrected chi connectivity index (χ2v) is 6.17. The lowest BCUT2D eigenvalue weighted by Crippen LogP contribution is -2.18. The molecule has 0 saturated carbocycles. The molecular formula is C18H18F3N3O. The first kappa shape index (κ1) is 17.3. The molecule has 1 aliphatic rings. The molecular weight excluding hydrogens is 331 g/mol. The summed E-state index contributed by atoms with van der Waals surface area (Å²) >= 11 is 0. The number of aromatic nitrogens is 2. The molecule has 7 heteroatoms. The third kappa shape index (κ3) is 3.45. The van der Waals surface area contributed by atoms with Crippen molar-refractivity contribution in [2.24, 2.45) is 7.05 Å². The minimum absolute atomic E-state index is 0.484. The van der Waals surface area contributed by atoms with Crippen LogP contribution in [0.4, 0.5) is 18.9 Å². The van der Waals surface area contributed by atoms with Crippen LogP contribution in [0.3, 0.4) is 0 Å². The van der Waals surface area contributed by atoms with E-state index in [-0.39, 0.29) is 0 Å². The fraction of sp³-hybridized carbons (Fsp3) is 0.333. The van der Waals surface area contributed by atoms with Crippen LogP contribution in [-0.2, 0) is 13.2 Å². The summed E-state index contributed by atoms with van der Waals surface area (Å²) in [6.07, 6.45) is -0.652. The molecule has 25 heavy (non-hydrogen) atoms. The lowest BCUT2D eigenvalue weighted by Gasteiger charge is -2.13. The SMILES string of the molecule is CC1=C(c2ccccc2NC(=O)c2cn(C)nc2C(F)(F)F)CCC1. The molecule has 1 heterocycles. The molecule has 1 amide bonds. The summed E-state index contributed by atoms with van der Waals surface area (Å²) in [6, 6.07) is 7.19. The summed E-state index contributed by atoms with van der Waals surface area (Å²) in [6.45, 7) is 2.05. The number of para-hydroxylation sites is 1. The van der Waals surface area contributed by atoms with Crippen LogP contribution in [0.25, 0.3) is 5.57 Å². The molecule has 4 nitrogen and oxygen atoms in total. The number of rotatable bonds is 3. The molecule has 0 aliphatic heterocycles. The maximum absolute atomic E-state index is 13.1. The number of nitrogens with one attached hydrogen (secondary N) is 1. The third-order valence-corrected chi connectivity index (χ3v) is 4.34. The Morgan fingerprint density at radius 2 is 1.96 bits per heavy atom. The average molecular weight is 349 g/mol. The van der Waals surface area contributed by atoms with Gasteiger partial charge in [-0.1, -0.05) is 23.8 Å². The Balaban J connectivity index is 1.95. The van der Waals surface area contributed by atoms with Gasteiger partial charge < -0.3 is 5.32 Å². The molecule has 0 atom stereocenters. The predicted molar refractivity (Wildman–Crippen MR) is 89.1 cm³/mol. The summed E-state index contributed by atoms with van der Waals surface area (Å²) in [5.41, 5.74) is 2.12. The largest absolute Gasteiger partial charge is 0.435 e. The Hall–Kier alpha value is -2.57. The van der Waals surface area contributed by atoms with Gasteiger partial charge in [0.2, 0.25) is 0 Å². The number of hydrogen-bond acceptors (Lipinski definition) is 2. The molecule has 0 radical (unpaired) electrons. The zero-order valence-corrected chi connectivity index (χ0v) is 13.9. The second kappa shape index (κ2) is 6.38. The molecule has 1 aromatic heterocycles. The fourth-order valence-corrected chi connectivity index (χ4v) is 3.17. The monoisotopic (exact) mass is 349 g/mol. The van der Waals surface area contributed by atoms with Crippen LogP contribution in [0.1, 0.15) is 47.8 Å². The van der Waals surface area contributed by atoms with Gasteiger partial charge in [0, 0.05) is 24.5 Å². The topological polar surface area (TPSA) is 46.9 Å². The number of amides is 1. The van der Waals surface area contributed by atoms with Crippen LogP contribution in [0.15, 0.2) is 36.0 Å². The van der Waals surface area contributed by atoms with E-state index in [4.69, 9.17) is 0 Å². The van der Waals surface area contributed by atoms with Gasteiger partial charge in [-0.15, -0.1) is 0 Å². The minimum atomic E-state index is -4.68. The average Bonchev–Trinajstić information content (AvgIpc) is 3.13. The molecule has 3 rings (SSSR count). The van der Waals surface area contributed by atoms with E-state index in [9.17, 15) is 18.0 Å². The van der Waals surface area contributed by atoms with Crippen molar-refractivity contribution in [3.63, 3.8) is 0 Å². The molecule has 132 valence electrons. The maximum atomic E-state index is 13.1. The molecule has 0 fully saturated rings. The number of carbonyl (C=O) groups is 1. The van der Waals surface area contributed by atoms with E-state index in [0.717, 1.165) is 41.3 Å². The molecule has 1 aliphatic carbocycles. The van der Waals surface area contributed by atoms with Gasteiger partial charge in [0.25, 0.3) is 5.91 Å². The Morgan fingerprint density at radius 1 is 1.24 bits per heavy atom. The van der Waals surface area contributed by atoms with Gasteiger partial charge in [0.1, 0.15) is 0 Å². The van der Waals surface area contributed by atoms with Gasteiger partial charge in [0.05, 0.1) is 5.56 Å². The highest BCUT2D eigenvalue weighted by molar-refractivity contribution is 6.06. The molecule has 2 aromatic rings. The van der Waals surface area contributed by atoms with Crippen LogP contribution in [0, 0.1) is 0 Å². The van der Waals surface area contributed by atoms with Crippen LogP contribution in [0.5, 0.6) is 0 Å². The van der Waals surface area contributed by atoms with Crippen molar-refractivity contribution in [3.8, 4) is 0 Å². The van der Waals surface area contributed by atoms with Crippen molar-refractivity contribution in [2.45, 2.75) is 32.4 Å². The Kier molecular flexibility index (Phi) is 4.41. The van der Waals surface area contributed by atoms with Crippen molar-refractivity contribution >= 4 is 17.2 Å². The highest BCUT2D eigenvalue weighted by Crippen LogP contribution is 2.37. The number of hydrogen-bond donors (Lipinski definition) is 1. The van der Waals surface area contributed by atoms with E-state index in [1.165, 1.54) is 12.6 Å². The van der Waals surface area contributed by atoms with Gasteiger partial charge in [-0.05, 0) is 37.8 Å². The number of nitrogens with zero attached hydrogens (tertiary/aromatic N) is 2. The van der Waals surface area contributed by atoms with Crippen molar-refractivity contribution in [1.82, 2.24) is 9.78 Å². The number of allylic oxidation sites excluding steroid dienone is 2. The van der Waals surface area contributed by atoms with Gasteiger partial charge >= 0.3 is 6.18 Å². The van der Waals surface area contributed by atoms with Gasteiger partial charge in [-0.2, -0.15) is 18.3 Å². The Labute approximate surface area is 143 Å². The van der Waals surface area contributed by atoms with Crippen molar-refractivity contribution < 1.29 is 18.0 Å². The van der Waals surface area contributed by atoms with E-state index < -0.39 is 23.3 Å². The van der Waals surface area contributed by atoms with Gasteiger partial charge in [-0.3, -0.25) is 9.48 Å². The molecule has 0 spiro atoms. The van der Waals surface area contributed by atoms with Gasteiger partial charge in [-0.25, -0.2) is 0 Å². The smallest absolute Gasteiger partial charge is 0.321 e. The Bertz CT molecular complexity index is 849. The summed E-state index contributed by atoms with van der Waals surface area (Å²) in [7, 11) is 1.35.